The van der Waals surface area contributed by atoms with Gasteiger partial charge in [-0.05, 0) is 32.0 Å². The number of carbonyl (C=O) groups excluding carboxylic acids is 1. The third-order valence-electron chi connectivity index (χ3n) is 6.96. The van der Waals surface area contributed by atoms with E-state index in [9.17, 15) is 4.79 Å². The molecule has 2 bridgehead atoms. The second-order valence-corrected chi connectivity index (χ2v) is 9.21. The number of hydrogen-bond donors (Lipinski definition) is 2. The van der Waals surface area contributed by atoms with Crippen LogP contribution < -0.4 is 15.8 Å². The van der Waals surface area contributed by atoms with Crippen molar-refractivity contribution < 1.29 is 9.53 Å². The minimum Gasteiger partial charge on any atom is -0.496 e. The van der Waals surface area contributed by atoms with Crippen LogP contribution in [0.3, 0.4) is 0 Å². The van der Waals surface area contributed by atoms with Crippen LogP contribution in [-0.4, -0.2) is 81.3 Å². The minimum absolute atomic E-state index is 0.0706. The van der Waals surface area contributed by atoms with Crippen LogP contribution in [0.1, 0.15) is 42.1 Å². The van der Waals surface area contributed by atoms with Crippen molar-refractivity contribution in [1.82, 2.24) is 29.5 Å². The largest absolute Gasteiger partial charge is 0.496 e. The Kier molecular flexibility index (Phi) is 5.99. The number of likely N-dealkylation sites (N-methyl/N-ethyl adjacent to an activating group) is 1. The highest BCUT2D eigenvalue weighted by Crippen LogP contribution is 2.32. The molecule has 3 N–H and O–H groups in total. The number of amides is 1. The first kappa shape index (κ1) is 22.4. The second kappa shape index (κ2) is 9.09. The van der Waals surface area contributed by atoms with Gasteiger partial charge in [-0.3, -0.25) is 14.4 Å². The molecule has 0 aliphatic carbocycles. The van der Waals surface area contributed by atoms with Gasteiger partial charge in [-0.1, -0.05) is 19.4 Å². The predicted octanol–water partition coefficient (Wildman–Crippen LogP) is 2.21. The molecule has 3 aromatic rings. The van der Waals surface area contributed by atoms with Gasteiger partial charge in [0.25, 0.3) is 5.91 Å². The second-order valence-electron chi connectivity index (χ2n) is 9.21. The van der Waals surface area contributed by atoms with Crippen LogP contribution in [-0.2, 0) is 6.54 Å². The molecular weight excluding hydrogens is 432 g/mol. The molecule has 0 saturated carbocycles. The molecule has 0 unspecified atom stereocenters. The summed E-state index contributed by atoms with van der Waals surface area (Å²) in [6.07, 6.45) is 4.86. The number of methoxy groups -OCH3 is 1. The maximum absolute atomic E-state index is 13.2. The first-order valence-corrected chi connectivity index (χ1v) is 11.9. The van der Waals surface area contributed by atoms with Crippen molar-refractivity contribution in [3.8, 4) is 5.75 Å². The lowest BCUT2D eigenvalue weighted by molar-refractivity contribution is 0.0650. The van der Waals surface area contributed by atoms with Crippen molar-refractivity contribution in [1.29, 1.82) is 0 Å². The monoisotopic (exact) mass is 464 g/mol. The van der Waals surface area contributed by atoms with Crippen molar-refractivity contribution in [2.75, 3.05) is 44.8 Å². The van der Waals surface area contributed by atoms with Gasteiger partial charge in [-0.15, -0.1) is 0 Å². The van der Waals surface area contributed by atoms with E-state index in [-0.39, 0.29) is 11.9 Å². The highest BCUT2D eigenvalue weighted by Gasteiger charge is 2.43. The van der Waals surface area contributed by atoms with Crippen LogP contribution in [0.15, 0.2) is 24.4 Å². The van der Waals surface area contributed by atoms with E-state index in [2.05, 4.69) is 39.3 Å². The summed E-state index contributed by atoms with van der Waals surface area (Å²) in [6, 6.07) is 6.45. The van der Waals surface area contributed by atoms with Crippen LogP contribution in [0.5, 0.6) is 5.75 Å². The third kappa shape index (κ3) is 4.02. The number of unbranched alkanes of at least 4 members (excludes halogenated alkanes) is 1. The molecule has 2 fully saturated rings. The Morgan fingerprint density at radius 2 is 2.12 bits per heavy atom. The number of carbonyl (C=O) groups is 1. The Hall–Kier alpha value is -3.40. The molecule has 2 atom stereocenters. The Morgan fingerprint density at radius 3 is 2.82 bits per heavy atom. The molecule has 0 spiro atoms. The van der Waals surface area contributed by atoms with Crippen LogP contribution >= 0.6 is 0 Å². The molecule has 34 heavy (non-hydrogen) atoms. The zero-order valence-corrected chi connectivity index (χ0v) is 20.0. The molecule has 4 heterocycles. The predicted molar refractivity (Wildman–Crippen MR) is 131 cm³/mol. The fourth-order valence-electron chi connectivity index (χ4n) is 5.09. The zero-order valence-electron chi connectivity index (χ0n) is 20.0. The molecular formula is C24H32N8O2. The zero-order chi connectivity index (χ0) is 23.8. The number of nitrogens with one attached hydrogen (secondary N) is 1. The number of hydrogen-bond acceptors (Lipinski definition) is 8. The molecule has 1 amide bonds. The molecule has 2 aromatic heterocycles. The molecule has 180 valence electrons. The van der Waals surface area contributed by atoms with Gasteiger partial charge in [-0.2, -0.15) is 10.1 Å². The van der Waals surface area contributed by atoms with E-state index in [1.807, 2.05) is 27.8 Å². The number of anilines is 2. The summed E-state index contributed by atoms with van der Waals surface area (Å²) in [5.41, 5.74) is 8.96. The van der Waals surface area contributed by atoms with Gasteiger partial charge < -0.3 is 20.7 Å². The molecule has 2 aliphatic rings. The Morgan fingerprint density at radius 1 is 1.26 bits per heavy atom. The molecule has 0 radical (unpaired) electrons. The van der Waals surface area contributed by atoms with Crippen molar-refractivity contribution in [3.05, 3.63) is 35.5 Å². The third-order valence-corrected chi connectivity index (χ3v) is 6.96. The molecule has 10 heteroatoms. The normalized spacial score (nSPS) is 19.8. The molecule has 10 nitrogen and oxygen atoms in total. The maximum atomic E-state index is 13.2. The van der Waals surface area contributed by atoms with Crippen LogP contribution in [0.2, 0.25) is 0 Å². The molecule has 5 rings (SSSR count). The summed E-state index contributed by atoms with van der Waals surface area (Å²) in [5.74, 6) is 1.62. The van der Waals surface area contributed by atoms with Gasteiger partial charge in [0.15, 0.2) is 5.82 Å². The first-order valence-electron chi connectivity index (χ1n) is 11.9. The number of fused-ring (bicyclic) bond motifs is 3. The topological polar surface area (TPSA) is 114 Å². The Balaban J connectivity index is 1.40. The summed E-state index contributed by atoms with van der Waals surface area (Å²) in [7, 11) is 3.76. The highest BCUT2D eigenvalue weighted by molar-refractivity contribution is 5.95. The average Bonchev–Trinajstić information content (AvgIpc) is 3.53. The number of benzene rings is 1. The Labute approximate surface area is 199 Å². The number of rotatable bonds is 8. The number of ether oxygens (including phenoxy) is 1. The van der Waals surface area contributed by atoms with Crippen molar-refractivity contribution >= 4 is 28.7 Å². The van der Waals surface area contributed by atoms with Crippen LogP contribution in [0, 0.1) is 0 Å². The summed E-state index contributed by atoms with van der Waals surface area (Å²) in [6.45, 7) is 5.13. The standard InChI is InChI=1S/C24H32N8O2/c1-4-5-8-26-22-21-19(28-24(25)29-22)11-27-32(21)12-16-7-6-15(9-20(16)34-3)23(33)31-14-17-10-18(31)13-30(17)2/h6-7,9,11,17-18H,4-5,8,10,12-14H2,1-3H3,(H3,25,26,28,29)/t17-,18-/m1/s1. The van der Waals surface area contributed by atoms with E-state index >= 15 is 0 Å². The smallest absolute Gasteiger partial charge is 0.254 e. The van der Waals surface area contributed by atoms with Crippen molar-refractivity contribution in [2.24, 2.45) is 0 Å². The van der Waals surface area contributed by atoms with Crippen LogP contribution in [0.25, 0.3) is 11.0 Å². The summed E-state index contributed by atoms with van der Waals surface area (Å²) in [5, 5.41) is 7.90. The van der Waals surface area contributed by atoms with Gasteiger partial charge in [0.05, 0.1) is 19.9 Å². The SMILES string of the molecule is CCCCNc1nc(N)nc2cnn(Cc3ccc(C(=O)N4C[C@H]5C[C@@H]4CN5C)cc3OC)c12. The minimum atomic E-state index is 0.0706. The number of nitrogen functional groups attached to an aromatic ring is 1. The molecule has 2 saturated heterocycles. The Bertz CT molecular complexity index is 1210. The number of nitrogens with zero attached hydrogens (tertiary/aromatic N) is 6. The molecule has 2 aliphatic heterocycles. The first-order chi connectivity index (χ1) is 16.5. The van der Waals surface area contributed by atoms with Crippen molar-refractivity contribution in [3.63, 3.8) is 0 Å². The number of aromatic nitrogens is 4. The lowest BCUT2D eigenvalue weighted by atomic mass is 10.1. The van der Waals surface area contributed by atoms with Gasteiger partial charge in [0.2, 0.25) is 5.95 Å². The van der Waals surface area contributed by atoms with E-state index in [4.69, 9.17) is 10.5 Å². The van der Waals surface area contributed by atoms with Crippen LogP contribution in [0.4, 0.5) is 11.8 Å². The van der Waals surface area contributed by atoms with Gasteiger partial charge >= 0.3 is 0 Å². The average molecular weight is 465 g/mol. The molecule has 1 aromatic carbocycles. The van der Waals surface area contributed by atoms with Gasteiger partial charge in [-0.25, -0.2) is 4.98 Å². The quantitative estimate of drug-likeness (QED) is 0.488. The maximum Gasteiger partial charge on any atom is 0.254 e. The number of piperazine rings is 1. The lowest BCUT2D eigenvalue weighted by Crippen LogP contribution is -2.47. The van der Waals surface area contributed by atoms with Gasteiger partial charge in [0, 0.05) is 42.8 Å². The van der Waals surface area contributed by atoms with E-state index < -0.39 is 0 Å². The van der Waals surface area contributed by atoms with Crippen molar-refractivity contribution in [2.45, 2.75) is 44.8 Å². The number of nitrogens with two attached hydrogens (primary N) is 1. The summed E-state index contributed by atoms with van der Waals surface area (Å²) < 4.78 is 7.53. The fraction of sp³-hybridized carbons (Fsp3) is 0.500. The fourth-order valence-corrected chi connectivity index (χ4v) is 5.09. The van der Waals surface area contributed by atoms with E-state index in [0.29, 0.717) is 41.3 Å². The highest BCUT2D eigenvalue weighted by atomic mass is 16.5. The lowest BCUT2D eigenvalue weighted by Gasteiger charge is -2.32. The number of likely N-dealkylation sites (tertiary alicyclic amines) is 2. The van der Waals surface area contributed by atoms with E-state index in [0.717, 1.165) is 50.0 Å². The van der Waals surface area contributed by atoms with E-state index in [1.165, 1.54) is 0 Å². The van der Waals surface area contributed by atoms with E-state index in [1.54, 1.807) is 13.3 Å². The summed E-state index contributed by atoms with van der Waals surface area (Å²) in [4.78, 5) is 26.3. The van der Waals surface area contributed by atoms with Gasteiger partial charge in [0.1, 0.15) is 16.8 Å². The summed E-state index contributed by atoms with van der Waals surface area (Å²) >= 11 is 0.